The van der Waals surface area contributed by atoms with Crippen molar-refractivity contribution in [3.05, 3.63) is 0 Å². The monoisotopic (exact) mass is 227 g/mol. The van der Waals surface area contributed by atoms with Crippen LogP contribution >= 0.6 is 0 Å². The van der Waals surface area contributed by atoms with Gasteiger partial charge in [-0.15, -0.1) is 0 Å². The Morgan fingerprint density at radius 3 is 1.94 bits per heavy atom. The molecule has 0 aromatic heterocycles. The first-order valence-corrected chi connectivity index (χ1v) is 6.86. The van der Waals surface area contributed by atoms with Crippen molar-refractivity contribution in [1.29, 1.82) is 0 Å². The smallest absolute Gasteiger partial charge is 0.0842 e. The van der Waals surface area contributed by atoms with Crippen LogP contribution in [0.3, 0.4) is 0 Å². The van der Waals surface area contributed by atoms with Crippen LogP contribution in [0.5, 0.6) is 0 Å². The Morgan fingerprint density at radius 1 is 1.12 bits per heavy atom. The summed E-state index contributed by atoms with van der Waals surface area (Å²) < 4.78 is 5.53. The van der Waals surface area contributed by atoms with Gasteiger partial charge in [0.15, 0.2) is 0 Å². The van der Waals surface area contributed by atoms with Gasteiger partial charge < -0.3 is 4.74 Å². The average Bonchev–Trinajstić information content (AvgIpc) is 2.87. The molecule has 1 aliphatic rings. The predicted octanol–water partition coefficient (Wildman–Crippen LogP) is 3.31. The van der Waals surface area contributed by atoms with Gasteiger partial charge in [-0.1, -0.05) is 13.3 Å². The van der Waals surface area contributed by atoms with Crippen LogP contribution < -0.4 is 0 Å². The molecule has 0 amide bonds. The van der Waals surface area contributed by atoms with E-state index in [1.807, 2.05) is 0 Å². The lowest BCUT2D eigenvalue weighted by Gasteiger charge is -2.33. The molecule has 0 spiro atoms. The largest absolute Gasteiger partial charge is 0.370 e. The normalized spacial score (nSPS) is 26.8. The van der Waals surface area contributed by atoms with Crippen LogP contribution in [0.4, 0.5) is 0 Å². The number of hydrogen-bond acceptors (Lipinski definition) is 2. The van der Waals surface area contributed by atoms with E-state index < -0.39 is 0 Å². The first kappa shape index (κ1) is 14.0. The zero-order valence-corrected chi connectivity index (χ0v) is 11.9. The molecule has 1 heterocycles. The van der Waals surface area contributed by atoms with E-state index in [0.717, 1.165) is 5.92 Å². The van der Waals surface area contributed by atoms with Crippen LogP contribution in [0.15, 0.2) is 0 Å². The summed E-state index contributed by atoms with van der Waals surface area (Å²) in [7, 11) is 0. The molecule has 2 nitrogen and oxygen atoms in total. The molecule has 96 valence electrons. The van der Waals surface area contributed by atoms with E-state index in [9.17, 15) is 0 Å². The minimum Gasteiger partial charge on any atom is -0.370 e. The van der Waals surface area contributed by atoms with Gasteiger partial charge in [0.25, 0.3) is 0 Å². The van der Waals surface area contributed by atoms with Gasteiger partial charge in [-0.25, -0.2) is 0 Å². The maximum Gasteiger partial charge on any atom is 0.0842 e. The van der Waals surface area contributed by atoms with Crippen LogP contribution in [0.25, 0.3) is 0 Å². The van der Waals surface area contributed by atoms with Crippen molar-refractivity contribution in [2.24, 2.45) is 5.92 Å². The second-order valence-corrected chi connectivity index (χ2v) is 5.77. The van der Waals surface area contributed by atoms with Crippen LogP contribution in [0.1, 0.15) is 54.4 Å². The Labute approximate surface area is 101 Å². The summed E-state index contributed by atoms with van der Waals surface area (Å²) in [5.41, 5.74) is 0. The summed E-state index contributed by atoms with van der Waals surface area (Å²) in [6, 6.07) is 1.29. The summed E-state index contributed by atoms with van der Waals surface area (Å²) in [6.07, 6.45) is 3.57. The maximum atomic E-state index is 5.53. The summed E-state index contributed by atoms with van der Waals surface area (Å²) in [5, 5.41) is 0. The van der Waals surface area contributed by atoms with Crippen molar-refractivity contribution in [1.82, 2.24) is 4.90 Å². The van der Waals surface area contributed by atoms with E-state index in [0.29, 0.717) is 24.3 Å². The second-order valence-electron chi connectivity index (χ2n) is 5.77. The van der Waals surface area contributed by atoms with Gasteiger partial charge in [-0.05, 0) is 47.0 Å². The van der Waals surface area contributed by atoms with Gasteiger partial charge >= 0.3 is 0 Å². The molecule has 1 fully saturated rings. The van der Waals surface area contributed by atoms with Gasteiger partial charge in [-0.3, -0.25) is 4.90 Å². The molecule has 3 atom stereocenters. The number of rotatable bonds is 7. The van der Waals surface area contributed by atoms with Gasteiger partial charge in [0.2, 0.25) is 0 Å². The summed E-state index contributed by atoms with van der Waals surface area (Å²) in [6.45, 7) is 14.9. The van der Waals surface area contributed by atoms with E-state index >= 15 is 0 Å². The highest BCUT2D eigenvalue weighted by Gasteiger charge is 2.36. The Hall–Kier alpha value is -0.0800. The molecule has 0 radical (unpaired) electrons. The molecule has 2 heteroatoms. The van der Waals surface area contributed by atoms with E-state index in [2.05, 4.69) is 46.4 Å². The first-order valence-electron chi connectivity index (χ1n) is 6.86. The van der Waals surface area contributed by atoms with E-state index in [1.54, 1.807) is 0 Å². The van der Waals surface area contributed by atoms with Gasteiger partial charge in [0, 0.05) is 18.6 Å². The van der Waals surface area contributed by atoms with E-state index in [1.165, 1.54) is 19.4 Å². The zero-order chi connectivity index (χ0) is 12.3. The van der Waals surface area contributed by atoms with Crippen LogP contribution in [-0.2, 0) is 4.74 Å². The summed E-state index contributed by atoms with van der Waals surface area (Å²) in [4.78, 5) is 2.60. The topological polar surface area (TPSA) is 15.8 Å². The number of epoxide rings is 1. The Bertz CT molecular complexity index is 195. The number of hydrogen-bond donors (Lipinski definition) is 0. The highest BCUT2D eigenvalue weighted by atomic mass is 16.6. The van der Waals surface area contributed by atoms with Gasteiger partial charge in [-0.2, -0.15) is 0 Å². The lowest BCUT2D eigenvalue weighted by molar-refractivity contribution is 0.137. The van der Waals surface area contributed by atoms with E-state index in [4.69, 9.17) is 4.74 Å². The summed E-state index contributed by atoms with van der Waals surface area (Å²) in [5.74, 6) is 0.791. The molecule has 1 aliphatic heterocycles. The number of nitrogens with zero attached hydrogens (tertiary/aromatic N) is 1. The van der Waals surface area contributed by atoms with Crippen molar-refractivity contribution in [2.75, 3.05) is 6.54 Å². The molecule has 16 heavy (non-hydrogen) atoms. The Kier molecular flexibility index (Phi) is 5.26. The Morgan fingerprint density at radius 2 is 1.62 bits per heavy atom. The van der Waals surface area contributed by atoms with Gasteiger partial charge in [0.1, 0.15) is 0 Å². The average molecular weight is 227 g/mol. The quantitative estimate of drug-likeness (QED) is 0.620. The minimum absolute atomic E-state index is 0.514. The molecule has 0 bridgehead atoms. The molecule has 3 unspecified atom stereocenters. The fourth-order valence-electron chi connectivity index (χ4n) is 2.49. The number of ether oxygens (including phenoxy) is 1. The van der Waals surface area contributed by atoms with Crippen molar-refractivity contribution in [3.63, 3.8) is 0 Å². The molecule has 0 N–H and O–H groups in total. The SMILES string of the molecule is CCC(CC1OC1C)CN(C(C)C)C(C)C. The third-order valence-corrected chi connectivity index (χ3v) is 3.77. The fourth-order valence-corrected chi connectivity index (χ4v) is 2.49. The predicted molar refractivity (Wildman–Crippen MR) is 69.7 cm³/mol. The molecular weight excluding hydrogens is 198 g/mol. The third kappa shape index (κ3) is 4.06. The molecule has 1 rings (SSSR count). The lowest BCUT2D eigenvalue weighted by Crippen LogP contribution is -2.40. The molecule has 0 aliphatic carbocycles. The molecular formula is C14H29NO. The van der Waals surface area contributed by atoms with Crippen molar-refractivity contribution >= 4 is 0 Å². The maximum absolute atomic E-state index is 5.53. The van der Waals surface area contributed by atoms with Crippen LogP contribution in [0.2, 0.25) is 0 Å². The highest BCUT2D eigenvalue weighted by molar-refractivity contribution is 4.84. The third-order valence-electron chi connectivity index (χ3n) is 3.77. The van der Waals surface area contributed by atoms with Crippen LogP contribution in [-0.4, -0.2) is 35.7 Å². The highest BCUT2D eigenvalue weighted by Crippen LogP contribution is 2.29. The molecule has 0 aromatic carbocycles. The second kappa shape index (κ2) is 6.02. The van der Waals surface area contributed by atoms with Crippen molar-refractivity contribution in [2.45, 2.75) is 78.7 Å². The van der Waals surface area contributed by atoms with Crippen molar-refractivity contribution in [3.8, 4) is 0 Å². The van der Waals surface area contributed by atoms with E-state index in [-0.39, 0.29) is 0 Å². The molecule has 0 aromatic rings. The molecule has 0 saturated carbocycles. The lowest BCUT2D eigenvalue weighted by atomic mass is 9.97. The molecule has 1 saturated heterocycles. The first-order chi connectivity index (χ1) is 7.45. The van der Waals surface area contributed by atoms with Crippen molar-refractivity contribution < 1.29 is 4.74 Å². The fraction of sp³-hybridized carbons (Fsp3) is 1.00. The zero-order valence-electron chi connectivity index (χ0n) is 11.9. The standard InChI is InChI=1S/C14H29NO/c1-7-13(8-14-12(6)16-14)9-15(10(2)3)11(4)5/h10-14H,7-9H2,1-6H3. The minimum atomic E-state index is 0.514. The Balaban J connectivity index is 2.40. The van der Waals surface area contributed by atoms with Gasteiger partial charge in [0.05, 0.1) is 12.2 Å². The summed E-state index contributed by atoms with van der Waals surface area (Å²) >= 11 is 0. The van der Waals surface area contributed by atoms with Crippen LogP contribution in [0, 0.1) is 5.92 Å².